The first-order chi connectivity index (χ1) is 8.31. The highest BCUT2D eigenvalue weighted by molar-refractivity contribution is 6.00. The summed E-state index contributed by atoms with van der Waals surface area (Å²) in [5.41, 5.74) is 1.47. The van der Waals surface area contributed by atoms with Crippen molar-refractivity contribution >= 4 is 17.4 Å². The van der Waals surface area contributed by atoms with Crippen molar-refractivity contribution in [2.24, 2.45) is 4.99 Å². The van der Waals surface area contributed by atoms with Crippen LogP contribution >= 0.6 is 0 Å². The van der Waals surface area contributed by atoms with E-state index >= 15 is 0 Å². The zero-order valence-corrected chi connectivity index (χ0v) is 9.79. The van der Waals surface area contributed by atoms with E-state index in [1.807, 2.05) is 18.2 Å². The third kappa shape index (κ3) is 2.75. The number of para-hydroxylation sites is 1. The Morgan fingerprint density at radius 2 is 2.29 bits per heavy atom. The number of benzene rings is 1. The molecule has 17 heavy (non-hydrogen) atoms. The zero-order chi connectivity index (χ0) is 12.1. The summed E-state index contributed by atoms with van der Waals surface area (Å²) in [7, 11) is 1.63. The lowest BCUT2D eigenvalue weighted by molar-refractivity contribution is 0.0964. The van der Waals surface area contributed by atoms with Gasteiger partial charge in [0.05, 0.1) is 18.7 Å². The topological polar surface area (TPSA) is 65.5 Å². The van der Waals surface area contributed by atoms with Crippen molar-refractivity contribution in [1.82, 2.24) is 10.6 Å². The molecular weight excluding hydrogens is 216 g/mol. The Kier molecular flexibility index (Phi) is 3.59. The zero-order valence-electron chi connectivity index (χ0n) is 9.79. The molecule has 0 aliphatic carbocycles. The third-order valence-corrected chi connectivity index (χ3v) is 2.59. The van der Waals surface area contributed by atoms with Crippen LogP contribution < -0.4 is 16.0 Å². The number of rotatable bonds is 4. The van der Waals surface area contributed by atoms with E-state index in [2.05, 4.69) is 20.9 Å². The fourth-order valence-corrected chi connectivity index (χ4v) is 1.71. The largest absolute Gasteiger partial charge is 0.377 e. The molecule has 1 aromatic carbocycles. The van der Waals surface area contributed by atoms with Crippen LogP contribution in [0, 0.1) is 0 Å². The number of amidine groups is 1. The molecule has 0 spiro atoms. The normalized spacial score (nSPS) is 13.8. The van der Waals surface area contributed by atoms with E-state index < -0.39 is 0 Å². The maximum Gasteiger partial charge on any atom is 0.253 e. The number of nitrogens with one attached hydrogen (secondary N) is 3. The summed E-state index contributed by atoms with van der Waals surface area (Å²) in [4.78, 5) is 15.9. The number of anilines is 1. The Morgan fingerprint density at radius 3 is 3.00 bits per heavy atom. The number of carbonyl (C=O) groups is 1. The minimum Gasteiger partial charge on any atom is -0.377 e. The summed E-state index contributed by atoms with van der Waals surface area (Å²) < 4.78 is 0. The van der Waals surface area contributed by atoms with Crippen molar-refractivity contribution in [3.05, 3.63) is 29.8 Å². The second-order valence-corrected chi connectivity index (χ2v) is 3.73. The minimum absolute atomic E-state index is 0.0885. The number of aliphatic imine (C=N–C) groups is 1. The van der Waals surface area contributed by atoms with Gasteiger partial charge in [0.25, 0.3) is 5.91 Å². The van der Waals surface area contributed by atoms with Crippen molar-refractivity contribution in [3.8, 4) is 0 Å². The van der Waals surface area contributed by atoms with Gasteiger partial charge < -0.3 is 16.0 Å². The molecule has 1 aromatic rings. The summed E-state index contributed by atoms with van der Waals surface area (Å²) in [6, 6.07) is 7.44. The van der Waals surface area contributed by atoms with E-state index in [0.29, 0.717) is 12.1 Å². The van der Waals surface area contributed by atoms with Crippen LogP contribution in [0.5, 0.6) is 0 Å². The van der Waals surface area contributed by atoms with Gasteiger partial charge in [0.15, 0.2) is 0 Å². The fourth-order valence-electron chi connectivity index (χ4n) is 1.71. The molecule has 0 atom stereocenters. The SMILES string of the molecule is CNC(=O)c1ccccc1NCC1=NCCN1. The highest BCUT2D eigenvalue weighted by Crippen LogP contribution is 2.14. The Labute approximate surface area is 100 Å². The Hall–Kier alpha value is -2.04. The van der Waals surface area contributed by atoms with Gasteiger partial charge in [-0.3, -0.25) is 9.79 Å². The quantitative estimate of drug-likeness (QED) is 0.706. The van der Waals surface area contributed by atoms with Gasteiger partial charge in [-0.2, -0.15) is 0 Å². The van der Waals surface area contributed by atoms with Crippen LogP contribution in [0.4, 0.5) is 5.69 Å². The molecule has 1 aliphatic heterocycles. The van der Waals surface area contributed by atoms with E-state index in [1.54, 1.807) is 13.1 Å². The van der Waals surface area contributed by atoms with Crippen molar-refractivity contribution in [3.63, 3.8) is 0 Å². The lowest BCUT2D eigenvalue weighted by atomic mass is 10.1. The summed E-state index contributed by atoms with van der Waals surface area (Å²) in [5, 5.41) is 9.02. The predicted octanol–water partition coefficient (Wildman–Crippen LogP) is 0.460. The highest BCUT2D eigenvalue weighted by atomic mass is 16.1. The average Bonchev–Trinajstić information content (AvgIpc) is 2.89. The van der Waals surface area contributed by atoms with Crippen LogP contribution in [-0.2, 0) is 0 Å². The van der Waals surface area contributed by atoms with Crippen molar-refractivity contribution in [1.29, 1.82) is 0 Å². The summed E-state index contributed by atoms with van der Waals surface area (Å²) in [5.74, 6) is 0.853. The average molecular weight is 232 g/mol. The van der Waals surface area contributed by atoms with E-state index in [9.17, 15) is 4.79 Å². The number of hydrogen-bond donors (Lipinski definition) is 3. The molecule has 3 N–H and O–H groups in total. The second kappa shape index (κ2) is 5.34. The minimum atomic E-state index is -0.0885. The van der Waals surface area contributed by atoms with Crippen LogP contribution in [-0.4, -0.2) is 38.4 Å². The standard InChI is InChI=1S/C12H16N4O/c1-13-12(17)9-4-2-3-5-10(9)16-8-11-14-6-7-15-11/h2-5,16H,6-8H2,1H3,(H,13,17)(H,14,15). The molecule has 0 radical (unpaired) electrons. The number of amides is 1. The Bertz CT molecular complexity index is 442. The van der Waals surface area contributed by atoms with Crippen LogP contribution in [0.15, 0.2) is 29.3 Å². The van der Waals surface area contributed by atoms with Gasteiger partial charge in [-0.15, -0.1) is 0 Å². The molecule has 0 saturated heterocycles. The first kappa shape index (κ1) is 11.4. The van der Waals surface area contributed by atoms with Gasteiger partial charge in [-0.05, 0) is 12.1 Å². The summed E-state index contributed by atoms with van der Waals surface area (Å²) in [6.07, 6.45) is 0. The maximum absolute atomic E-state index is 11.6. The highest BCUT2D eigenvalue weighted by Gasteiger charge is 2.10. The summed E-state index contributed by atoms with van der Waals surface area (Å²) in [6.45, 7) is 2.34. The van der Waals surface area contributed by atoms with E-state index in [-0.39, 0.29) is 5.91 Å². The molecule has 90 valence electrons. The molecule has 0 aromatic heterocycles. The number of carbonyl (C=O) groups excluding carboxylic acids is 1. The van der Waals surface area contributed by atoms with Crippen molar-refractivity contribution < 1.29 is 4.79 Å². The van der Waals surface area contributed by atoms with Gasteiger partial charge in [-0.1, -0.05) is 12.1 Å². The van der Waals surface area contributed by atoms with Crippen LogP contribution in [0.3, 0.4) is 0 Å². The number of hydrogen-bond acceptors (Lipinski definition) is 4. The van der Waals surface area contributed by atoms with E-state index in [4.69, 9.17) is 0 Å². The monoisotopic (exact) mass is 232 g/mol. The molecule has 0 fully saturated rings. The van der Waals surface area contributed by atoms with Gasteiger partial charge in [0, 0.05) is 19.3 Å². The second-order valence-electron chi connectivity index (χ2n) is 3.73. The Balaban J connectivity index is 2.06. The molecule has 1 amide bonds. The lowest BCUT2D eigenvalue weighted by Crippen LogP contribution is -2.27. The molecular formula is C12H16N4O. The summed E-state index contributed by atoms with van der Waals surface area (Å²) >= 11 is 0. The molecule has 0 bridgehead atoms. The van der Waals surface area contributed by atoms with Crippen molar-refractivity contribution in [2.45, 2.75) is 0 Å². The lowest BCUT2D eigenvalue weighted by Gasteiger charge is -2.11. The molecule has 1 heterocycles. The molecule has 5 heteroatoms. The van der Waals surface area contributed by atoms with Crippen LogP contribution in [0.1, 0.15) is 10.4 Å². The maximum atomic E-state index is 11.6. The molecule has 1 aliphatic rings. The van der Waals surface area contributed by atoms with Crippen LogP contribution in [0.25, 0.3) is 0 Å². The molecule has 0 saturated carbocycles. The van der Waals surface area contributed by atoms with E-state index in [0.717, 1.165) is 24.6 Å². The van der Waals surface area contributed by atoms with Gasteiger partial charge in [-0.25, -0.2) is 0 Å². The van der Waals surface area contributed by atoms with Crippen molar-refractivity contribution in [2.75, 3.05) is 32.0 Å². The van der Waals surface area contributed by atoms with Gasteiger partial charge in [0.1, 0.15) is 5.84 Å². The molecule has 0 unspecified atom stereocenters. The molecule has 2 rings (SSSR count). The van der Waals surface area contributed by atoms with Gasteiger partial charge in [0.2, 0.25) is 0 Å². The van der Waals surface area contributed by atoms with Gasteiger partial charge >= 0.3 is 0 Å². The first-order valence-electron chi connectivity index (χ1n) is 5.63. The Morgan fingerprint density at radius 1 is 1.47 bits per heavy atom. The predicted molar refractivity (Wildman–Crippen MR) is 68.6 cm³/mol. The fraction of sp³-hybridized carbons (Fsp3) is 0.333. The third-order valence-electron chi connectivity index (χ3n) is 2.59. The smallest absolute Gasteiger partial charge is 0.253 e. The number of nitrogens with zero attached hydrogens (tertiary/aromatic N) is 1. The first-order valence-corrected chi connectivity index (χ1v) is 5.63. The van der Waals surface area contributed by atoms with E-state index in [1.165, 1.54) is 0 Å². The molecule has 5 nitrogen and oxygen atoms in total. The van der Waals surface area contributed by atoms with Crippen LogP contribution in [0.2, 0.25) is 0 Å².